The summed E-state index contributed by atoms with van der Waals surface area (Å²) in [5, 5.41) is 0. The summed E-state index contributed by atoms with van der Waals surface area (Å²) in [7, 11) is 0. The van der Waals surface area contributed by atoms with Crippen molar-refractivity contribution in [2.24, 2.45) is 0 Å². The number of carbonyl (C=O) groups excluding carboxylic acids is 1. The Morgan fingerprint density at radius 2 is 1.90 bits per heavy atom. The number of benzene rings is 1. The van der Waals surface area contributed by atoms with Crippen LogP contribution in [0.1, 0.15) is 33.6 Å². The molecule has 0 saturated carbocycles. The number of carbonyl (C=O) groups is 1. The van der Waals surface area contributed by atoms with Crippen molar-refractivity contribution in [3.05, 3.63) is 41.4 Å². The topological polar surface area (TPSA) is 35.5 Å². The van der Waals surface area contributed by atoms with E-state index in [0.717, 1.165) is 12.8 Å². The number of hydrogen-bond donors (Lipinski definition) is 0. The first kappa shape index (κ1) is 16.8. The van der Waals surface area contributed by atoms with Crippen LogP contribution in [0.3, 0.4) is 0 Å². The minimum absolute atomic E-state index is 0.285. The van der Waals surface area contributed by atoms with Crippen molar-refractivity contribution in [3.63, 3.8) is 0 Å². The van der Waals surface area contributed by atoms with Gasteiger partial charge in [-0.3, -0.25) is 0 Å². The second kappa shape index (κ2) is 8.13. The summed E-state index contributed by atoms with van der Waals surface area (Å²) >= 11 is 0.285. The molecule has 0 saturated heterocycles. The number of hydrogen-bond acceptors (Lipinski definition) is 3. The average molecular weight is 341 g/mol. The molecular weight excluding hydrogens is 319 g/mol. The van der Waals surface area contributed by atoms with Gasteiger partial charge < -0.3 is 0 Å². The Morgan fingerprint density at radius 1 is 1.25 bits per heavy atom. The molecule has 0 N–H and O–H groups in total. The Hall–Kier alpha value is -1.25. The third-order valence-corrected chi connectivity index (χ3v) is 4.31. The molecule has 20 heavy (non-hydrogen) atoms. The van der Waals surface area contributed by atoms with E-state index in [1.165, 1.54) is 8.93 Å². The number of rotatable bonds is 6. The van der Waals surface area contributed by atoms with E-state index < -0.39 is 11.8 Å². The zero-order valence-corrected chi connectivity index (χ0v) is 14.1. The van der Waals surface area contributed by atoms with Gasteiger partial charge in [-0.2, -0.15) is 0 Å². The second-order valence-corrected chi connectivity index (χ2v) is 8.00. The van der Waals surface area contributed by atoms with Gasteiger partial charge in [0.25, 0.3) is 0 Å². The van der Waals surface area contributed by atoms with E-state index in [2.05, 4.69) is 18.7 Å². The van der Waals surface area contributed by atoms with Crippen LogP contribution in [0.5, 0.6) is 0 Å². The number of ether oxygens (including phenoxy) is 2. The summed E-state index contributed by atoms with van der Waals surface area (Å²) in [5.41, 5.74) is -0.503. The first-order valence-corrected chi connectivity index (χ1v) is 8.34. The Morgan fingerprint density at radius 3 is 2.50 bits per heavy atom. The molecule has 0 fully saturated rings. The van der Waals surface area contributed by atoms with Crippen LogP contribution in [0.25, 0.3) is 0 Å². The Balaban J connectivity index is 2.15. The predicted octanol–water partition coefficient (Wildman–Crippen LogP) is 3.26. The van der Waals surface area contributed by atoms with Crippen molar-refractivity contribution in [1.29, 1.82) is 0 Å². The maximum atomic E-state index is 11.3. The van der Waals surface area contributed by atoms with Crippen molar-refractivity contribution in [3.8, 4) is 0 Å². The monoisotopic (exact) mass is 342 g/mol. The summed E-state index contributed by atoms with van der Waals surface area (Å²) in [6, 6.07) is 10.3. The van der Waals surface area contributed by atoms with Gasteiger partial charge in [-0.25, -0.2) is 0 Å². The first-order chi connectivity index (χ1) is 9.37. The van der Waals surface area contributed by atoms with E-state index >= 15 is 0 Å². The molecule has 0 aliphatic carbocycles. The van der Waals surface area contributed by atoms with Crippen molar-refractivity contribution in [2.75, 3.05) is 6.61 Å². The van der Waals surface area contributed by atoms with Crippen molar-refractivity contribution in [2.45, 2.75) is 39.2 Å². The summed E-state index contributed by atoms with van der Waals surface area (Å²) in [6.45, 7) is 9.91. The molecule has 0 radical (unpaired) electrons. The van der Waals surface area contributed by atoms with Gasteiger partial charge in [-0.05, 0) is 0 Å². The van der Waals surface area contributed by atoms with Crippen LogP contribution in [0, 0.1) is 0 Å². The second-order valence-electron chi connectivity index (χ2n) is 5.37. The third-order valence-electron chi connectivity index (χ3n) is 2.21. The molecule has 1 aromatic rings. The first-order valence-electron chi connectivity index (χ1n) is 6.63. The van der Waals surface area contributed by atoms with Gasteiger partial charge in [-0.1, -0.05) is 0 Å². The minimum atomic E-state index is -0.600. The molecule has 0 heterocycles. The average Bonchev–Trinajstić information content (AvgIpc) is 2.34. The summed E-state index contributed by atoms with van der Waals surface area (Å²) in [4.78, 5) is 11.3. The molecule has 0 bridgehead atoms. The van der Waals surface area contributed by atoms with Gasteiger partial charge in [0.15, 0.2) is 0 Å². The van der Waals surface area contributed by atoms with Gasteiger partial charge in [-0.15, -0.1) is 0 Å². The molecule has 0 aliphatic heterocycles. The van der Waals surface area contributed by atoms with Gasteiger partial charge >= 0.3 is 127 Å². The zero-order valence-electron chi connectivity index (χ0n) is 12.3. The van der Waals surface area contributed by atoms with Gasteiger partial charge in [0.05, 0.1) is 0 Å². The van der Waals surface area contributed by atoms with Gasteiger partial charge in [0.2, 0.25) is 0 Å². The Bertz CT molecular complexity index is 435. The number of allylic oxidation sites excluding steroid dienone is 1. The quantitative estimate of drug-likeness (QED) is 0.453. The molecule has 0 unspecified atom stereocenters. The van der Waals surface area contributed by atoms with Crippen LogP contribution < -0.4 is 4.46 Å². The molecule has 0 spiro atoms. The third kappa shape index (κ3) is 8.03. The summed E-state index contributed by atoms with van der Waals surface area (Å²) < 4.78 is 12.6. The molecule has 0 aromatic heterocycles. The van der Waals surface area contributed by atoms with Gasteiger partial charge in [0, 0.05) is 0 Å². The molecule has 0 atom stereocenters. The predicted molar refractivity (Wildman–Crippen MR) is 82.4 cm³/mol. The Labute approximate surface area is 127 Å². The van der Waals surface area contributed by atoms with E-state index in [1.54, 1.807) is 0 Å². The SMILES string of the molecule is C=C(CCCOC(=O)OC(C)(C)C)[Se]c1ccccc1. The van der Waals surface area contributed by atoms with Crippen molar-refractivity contribution in [1.82, 2.24) is 0 Å². The van der Waals surface area contributed by atoms with Gasteiger partial charge in [0.1, 0.15) is 0 Å². The van der Waals surface area contributed by atoms with E-state index in [9.17, 15) is 4.79 Å². The van der Waals surface area contributed by atoms with Crippen LogP contribution in [0.2, 0.25) is 0 Å². The van der Waals surface area contributed by atoms with E-state index in [1.807, 2.05) is 39.0 Å². The molecule has 110 valence electrons. The fourth-order valence-electron chi connectivity index (χ4n) is 1.41. The van der Waals surface area contributed by atoms with Crippen molar-refractivity contribution < 1.29 is 14.3 Å². The normalized spacial score (nSPS) is 10.9. The van der Waals surface area contributed by atoms with Crippen LogP contribution in [0.15, 0.2) is 41.4 Å². The zero-order chi connectivity index (χ0) is 15.0. The van der Waals surface area contributed by atoms with Crippen LogP contribution in [0.4, 0.5) is 4.79 Å². The van der Waals surface area contributed by atoms with Crippen LogP contribution >= 0.6 is 0 Å². The fraction of sp³-hybridized carbons (Fsp3) is 0.438. The molecule has 1 aromatic carbocycles. The van der Waals surface area contributed by atoms with E-state index in [4.69, 9.17) is 9.47 Å². The van der Waals surface area contributed by atoms with E-state index in [0.29, 0.717) is 6.61 Å². The molecule has 0 aliphatic rings. The van der Waals surface area contributed by atoms with Crippen molar-refractivity contribution >= 4 is 25.6 Å². The van der Waals surface area contributed by atoms with Crippen LogP contribution in [-0.2, 0) is 9.47 Å². The Kier molecular flexibility index (Phi) is 6.83. The maximum absolute atomic E-state index is 11.3. The standard InChI is InChI=1S/C16H22O3Se/c1-13(20-14-10-6-5-7-11-14)9-8-12-18-15(17)19-16(2,3)4/h5-7,10-11H,1,8-9,12H2,2-4H3. The molecule has 4 heteroatoms. The van der Waals surface area contributed by atoms with E-state index in [-0.39, 0.29) is 15.0 Å². The molecular formula is C16H22O3Se. The molecule has 3 nitrogen and oxygen atoms in total. The summed E-state index contributed by atoms with van der Waals surface area (Å²) in [5.74, 6) is 0. The fourth-order valence-corrected chi connectivity index (χ4v) is 3.24. The van der Waals surface area contributed by atoms with Crippen LogP contribution in [-0.4, -0.2) is 33.3 Å². The summed E-state index contributed by atoms with van der Waals surface area (Å²) in [6.07, 6.45) is 1.06. The molecule has 1 rings (SSSR count). The molecule has 0 amide bonds.